The van der Waals surface area contributed by atoms with Gasteiger partial charge in [0.1, 0.15) is 0 Å². The van der Waals surface area contributed by atoms with Crippen LogP contribution in [-0.4, -0.2) is 4.57 Å². The lowest BCUT2D eigenvalue weighted by Gasteiger charge is -2.26. The van der Waals surface area contributed by atoms with Gasteiger partial charge in [0.15, 0.2) is 0 Å². The summed E-state index contributed by atoms with van der Waals surface area (Å²) < 4.78 is 4.99. The first-order chi connectivity index (χ1) is 33.2. The van der Waals surface area contributed by atoms with Crippen LogP contribution in [0.4, 0.5) is 17.1 Å². The van der Waals surface area contributed by atoms with Crippen LogP contribution in [0.25, 0.3) is 103 Å². The largest absolute Gasteiger partial charge is 0.310 e. The normalized spacial score (nSPS) is 11.6. The lowest BCUT2D eigenvalue weighted by molar-refractivity contribution is 1.18. The molecule has 2 heterocycles. The molecule has 0 aliphatic heterocycles. The molecule has 0 aliphatic rings. The third-order valence-electron chi connectivity index (χ3n) is 13.4. The molecular weight excluding hydrogens is 829 g/mol. The third kappa shape index (κ3) is 6.96. The molecule has 0 radical (unpaired) electrons. The Morgan fingerprint density at radius 3 is 1.40 bits per heavy atom. The van der Waals surface area contributed by atoms with E-state index >= 15 is 0 Å². The Morgan fingerprint density at radius 1 is 0.269 bits per heavy atom. The number of aromatic nitrogens is 1. The van der Waals surface area contributed by atoms with Crippen LogP contribution in [0.15, 0.2) is 255 Å². The molecule has 314 valence electrons. The zero-order valence-electron chi connectivity index (χ0n) is 36.6. The summed E-state index contributed by atoms with van der Waals surface area (Å²) in [5.74, 6) is 0. The maximum absolute atomic E-state index is 2.39. The Balaban J connectivity index is 0.824. The van der Waals surface area contributed by atoms with E-state index < -0.39 is 0 Å². The van der Waals surface area contributed by atoms with E-state index in [0.717, 1.165) is 22.7 Å². The first-order valence-corrected chi connectivity index (χ1v) is 23.7. The molecule has 13 rings (SSSR count). The number of thiophene rings is 1. The van der Waals surface area contributed by atoms with Gasteiger partial charge in [0.05, 0.1) is 11.0 Å². The fourth-order valence-electron chi connectivity index (χ4n) is 10.0. The van der Waals surface area contributed by atoms with E-state index in [1.165, 1.54) is 97.3 Å². The molecule has 0 N–H and O–H groups in total. The van der Waals surface area contributed by atoms with Crippen molar-refractivity contribution in [3.8, 4) is 50.2 Å². The molecule has 67 heavy (non-hydrogen) atoms. The van der Waals surface area contributed by atoms with Crippen molar-refractivity contribution >= 4 is 81.1 Å². The highest BCUT2D eigenvalue weighted by Crippen LogP contribution is 2.42. The number of fused-ring (bicyclic) bond motifs is 7. The van der Waals surface area contributed by atoms with Crippen LogP contribution in [-0.2, 0) is 0 Å². The van der Waals surface area contributed by atoms with Crippen LogP contribution in [0.1, 0.15) is 0 Å². The van der Waals surface area contributed by atoms with Gasteiger partial charge in [0.25, 0.3) is 0 Å². The standard InChI is InChI=1S/C64H42N2S/c1-2-12-48-40-52(28-27-43(48)11-1)50-14-9-13-49(39-50)47-31-35-54(36-32-47)65(56-37-38-64-60(42-56)59-19-5-8-22-63(59)67-64)53-33-29-45(30-34-53)44-23-25-46(26-24-44)51-15-10-16-55(41-51)66-61-20-6-3-17-57(61)58-18-4-7-21-62(58)66/h1-42H. The second-order valence-corrected chi connectivity index (χ2v) is 18.4. The van der Waals surface area contributed by atoms with Gasteiger partial charge in [-0.05, 0) is 140 Å². The average molecular weight is 871 g/mol. The molecule has 0 spiro atoms. The van der Waals surface area contributed by atoms with Gasteiger partial charge in [-0.1, -0.05) is 170 Å². The van der Waals surface area contributed by atoms with E-state index in [1.54, 1.807) is 0 Å². The van der Waals surface area contributed by atoms with Gasteiger partial charge in [-0.15, -0.1) is 11.3 Å². The first-order valence-electron chi connectivity index (χ1n) is 22.9. The Hall–Kier alpha value is -8.50. The molecular formula is C64H42N2S. The summed E-state index contributed by atoms with van der Waals surface area (Å²) in [6.45, 7) is 0. The molecule has 11 aromatic carbocycles. The number of hydrogen-bond donors (Lipinski definition) is 0. The zero-order valence-corrected chi connectivity index (χ0v) is 37.4. The van der Waals surface area contributed by atoms with Gasteiger partial charge in [-0.2, -0.15) is 0 Å². The quantitative estimate of drug-likeness (QED) is 0.148. The molecule has 0 saturated heterocycles. The number of benzene rings is 11. The summed E-state index contributed by atoms with van der Waals surface area (Å²) in [6.07, 6.45) is 0. The summed E-state index contributed by atoms with van der Waals surface area (Å²) in [4.78, 5) is 2.39. The topological polar surface area (TPSA) is 8.17 Å². The second kappa shape index (κ2) is 16.2. The van der Waals surface area contributed by atoms with Crippen molar-refractivity contribution in [2.75, 3.05) is 4.90 Å². The minimum Gasteiger partial charge on any atom is -0.310 e. The van der Waals surface area contributed by atoms with Gasteiger partial charge in [0, 0.05) is 53.7 Å². The molecule has 0 atom stereocenters. The van der Waals surface area contributed by atoms with Crippen LogP contribution in [0.3, 0.4) is 0 Å². The van der Waals surface area contributed by atoms with Crippen LogP contribution in [0.2, 0.25) is 0 Å². The highest BCUT2D eigenvalue weighted by molar-refractivity contribution is 7.25. The highest BCUT2D eigenvalue weighted by Gasteiger charge is 2.17. The average Bonchev–Trinajstić information content (AvgIpc) is 3.95. The molecule has 2 nitrogen and oxygen atoms in total. The number of para-hydroxylation sites is 2. The van der Waals surface area contributed by atoms with Gasteiger partial charge < -0.3 is 9.47 Å². The maximum atomic E-state index is 2.39. The predicted octanol–water partition coefficient (Wildman–Crippen LogP) is 18.4. The van der Waals surface area contributed by atoms with E-state index in [9.17, 15) is 0 Å². The SMILES string of the molecule is c1cc(-c2ccc(N(c3ccc(-c4ccc(-c5cccc(-n6c7ccccc7c7ccccc76)c5)cc4)cc3)c3ccc4sc5ccccc5c4c3)cc2)cc(-c2ccc3ccccc3c2)c1. The smallest absolute Gasteiger partial charge is 0.0541 e. The van der Waals surface area contributed by atoms with Gasteiger partial charge >= 0.3 is 0 Å². The Bertz CT molecular complexity index is 3920. The first kappa shape index (κ1) is 38.9. The molecule has 3 heteroatoms. The van der Waals surface area contributed by atoms with Crippen molar-refractivity contribution in [3.63, 3.8) is 0 Å². The van der Waals surface area contributed by atoms with Crippen molar-refractivity contribution in [3.05, 3.63) is 255 Å². The molecule has 0 bridgehead atoms. The Kier molecular flexibility index (Phi) is 9.40. The van der Waals surface area contributed by atoms with Gasteiger partial charge in [-0.3, -0.25) is 0 Å². The predicted molar refractivity (Wildman–Crippen MR) is 288 cm³/mol. The lowest BCUT2D eigenvalue weighted by atomic mass is 9.97. The van der Waals surface area contributed by atoms with E-state index in [4.69, 9.17) is 0 Å². The Morgan fingerprint density at radius 2 is 0.731 bits per heavy atom. The molecule has 0 amide bonds. The number of rotatable bonds is 8. The van der Waals surface area contributed by atoms with E-state index in [-0.39, 0.29) is 0 Å². The van der Waals surface area contributed by atoms with Gasteiger partial charge in [0.2, 0.25) is 0 Å². The van der Waals surface area contributed by atoms with E-state index in [1.807, 2.05) is 11.3 Å². The molecule has 0 fully saturated rings. The summed E-state index contributed by atoms with van der Waals surface area (Å²) in [5.41, 5.74) is 16.5. The minimum absolute atomic E-state index is 1.10. The number of hydrogen-bond acceptors (Lipinski definition) is 2. The molecule has 2 aromatic heterocycles. The van der Waals surface area contributed by atoms with Crippen molar-refractivity contribution in [2.45, 2.75) is 0 Å². The fourth-order valence-corrected chi connectivity index (χ4v) is 11.1. The summed E-state index contributed by atoms with van der Waals surface area (Å²) in [5, 5.41) is 7.63. The number of anilines is 3. The molecule has 13 aromatic rings. The second-order valence-electron chi connectivity index (χ2n) is 17.3. The van der Waals surface area contributed by atoms with Crippen LogP contribution in [0, 0.1) is 0 Å². The van der Waals surface area contributed by atoms with Crippen LogP contribution < -0.4 is 4.90 Å². The van der Waals surface area contributed by atoms with E-state index in [0.29, 0.717) is 0 Å². The van der Waals surface area contributed by atoms with Crippen molar-refractivity contribution in [2.24, 2.45) is 0 Å². The van der Waals surface area contributed by atoms with E-state index in [2.05, 4.69) is 264 Å². The molecule has 0 aliphatic carbocycles. The minimum atomic E-state index is 1.10. The van der Waals surface area contributed by atoms with Crippen molar-refractivity contribution in [1.29, 1.82) is 0 Å². The third-order valence-corrected chi connectivity index (χ3v) is 14.5. The fraction of sp³-hybridized carbons (Fsp3) is 0. The highest BCUT2D eigenvalue weighted by atomic mass is 32.1. The molecule has 0 unspecified atom stereocenters. The van der Waals surface area contributed by atoms with Crippen molar-refractivity contribution < 1.29 is 0 Å². The summed E-state index contributed by atoms with van der Waals surface area (Å²) in [7, 11) is 0. The maximum Gasteiger partial charge on any atom is 0.0541 e. The summed E-state index contributed by atoms with van der Waals surface area (Å²) >= 11 is 1.85. The monoisotopic (exact) mass is 870 g/mol. The zero-order chi connectivity index (χ0) is 44.3. The summed E-state index contributed by atoms with van der Waals surface area (Å²) in [6, 6.07) is 93.2. The lowest BCUT2D eigenvalue weighted by Crippen LogP contribution is -2.09. The van der Waals surface area contributed by atoms with Gasteiger partial charge in [-0.25, -0.2) is 0 Å². The number of nitrogens with zero attached hydrogens (tertiary/aromatic N) is 2. The molecule has 0 saturated carbocycles. The van der Waals surface area contributed by atoms with Crippen LogP contribution in [0.5, 0.6) is 0 Å². The van der Waals surface area contributed by atoms with Crippen LogP contribution >= 0.6 is 11.3 Å². The Labute approximate surface area is 393 Å². The van der Waals surface area contributed by atoms with Crippen molar-refractivity contribution in [1.82, 2.24) is 4.57 Å².